The van der Waals surface area contributed by atoms with Gasteiger partial charge >= 0.3 is 0 Å². The Bertz CT molecular complexity index is 1320. The zero-order chi connectivity index (χ0) is 26.0. The number of halogens is 2. The van der Waals surface area contributed by atoms with Crippen LogP contribution in [-0.2, 0) is 19.5 Å². The highest BCUT2D eigenvalue weighted by Gasteiger charge is 2.37. The number of hydrogen-bond donors (Lipinski definition) is 1. The van der Waals surface area contributed by atoms with Crippen LogP contribution in [0.1, 0.15) is 38.7 Å². The van der Waals surface area contributed by atoms with Crippen LogP contribution in [0.15, 0.2) is 24.7 Å². The Labute approximate surface area is 218 Å². The minimum Gasteiger partial charge on any atom is -0.487 e. The molecule has 1 N–H and O–H groups in total. The van der Waals surface area contributed by atoms with Gasteiger partial charge in [0.05, 0.1) is 29.3 Å². The zero-order valence-corrected chi connectivity index (χ0v) is 22.3. The Hall–Kier alpha value is -2.58. The molecule has 12 nitrogen and oxygen atoms in total. The fraction of sp³-hybridized carbons (Fsp3) is 0.476. The van der Waals surface area contributed by atoms with E-state index in [0.29, 0.717) is 22.2 Å². The molecule has 3 atom stereocenters. The summed E-state index contributed by atoms with van der Waals surface area (Å²) in [5.41, 5.74) is 0.523. The van der Waals surface area contributed by atoms with Gasteiger partial charge in [-0.05, 0) is 26.8 Å². The highest BCUT2D eigenvalue weighted by molar-refractivity contribution is 7.93. The summed E-state index contributed by atoms with van der Waals surface area (Å²) < 4.78 is 48.4. The van der Waals surface area contributed by atoms with E-state index in [-0.39, 0.29) is 36.2 Å². The molecule has 15 heteroatoms. The van der Waals surface area contributed by atoms with E-state index in [1.54, 1.807) is 24.5 Å². The number of rotatable bonds is 9. The third-order valence-electron chi connectivity index (χ3n) is 5.40. The number of fused-ring (bicyclic) bond motifs is 3. The van der Waals surface area contributed by atoms with Crippen molar-refractivity contribution in [3.05, 3.63) is 40.7 Å². The van der Waals surface area contributed by atoms with Gasteiger partial charge in [0.25, 0.3) is 0 Å². The third kappa shape index (κ3) is 5.39. The molecule has 0 aliphatic carbocycles. The lowest BCUT2D eigenvalue weighted by atomic mass is 10.2. The molecule has 194 valence electrons. The number of methoxy groups -OCH3 is 1. The molecular weight excluding hydrogens is 533 g/mol. The predicted octanol–water partition coefficient (Wildman–Crippen LogP) is 3.31. The van der Waals surface area contributed by atoms with Crippen LogP contribution in [0.4, 0.5) is 5.95 Å². The molecule has 0 saturated heterocycles. The second kappa shape index (κ2) is 10.8. The van der Waals surface area contributed by atoms with Crippen molar-refractivity contribution in [3.63, 3.8) is 0 Å². The third-order valence-corrected chi connectivity index (χ3v) is 7.56. The van der Waals surface area contributed by atoms with Gasteiger partial charge in [-0.25, -0.2) is 23.4 Å². The first kappa shape index (κ1) is 26.5. The molecule has 0 radical (unpaired) electrons. The molecule has 0 unspecified atom stereocenters. The van der Waals surface area contributed by atoms with Crippen molar-refractivity contribution in [2.75, 3.05) is 25.0 Å². The van der Waals surface area contributed by atoms with Crippen LogP contribution >= 0.6 is 23.2 Å². The van der Waals surface area contributed by atoms with Gasteiger partial charge in [-0.1, -0.05) is 23.2 Å². The number of hydrogen-bond acceptors (Lipinski definition) is 10. The molecule has 0 bridgehead atoms. The van der Waals surface area contributed by atoms with E-state index in [4.69, 9.17) is 37.4 Å². The summed E-state index contributed by atoms with van der Waals surface area (Å²) in [6.45, 7) is 5.41. The van der Waals surface area contributed by atoms with Crippen molar-refractivity contribution in [1.82, 2.24) is 29.7 Å². The fourth-order valence-electron chi connectivity index (χ4n) is 3.72. The number of pyridine rings is 1. The zero-order valence-electron chi connectivity index (χ0n) is 19.9. The summed E-state index contributed by atoms with van der Waals surface area (Å²) in [5, 5.41) is 7.74. The summed E-state index contributed by atoms with van der Waals surface area (Å²) in [7, 11) is -2.56. The number of ether oxygens (including phenoxy) is 3. The Kier molecular flexibility index (Phi) is 7.95. The topological polar surface area (TPSA) is 143 Å². The summed E-state index contributed by atoms with van der Waals surface area (Å²) >= 11 is 12.1. The quantitative estimate of drug-likeness (QED) is 0.389. The maximum atomic E-state index is 13.5. The maximum Gasteiger partial charge on any atom is 0.240 e. The molecule has 4 heterocycles. The number of aromatic nitrogens is 6. The second-order valence-corrected chi connectivity index (χ2v) is 11.2. The molecule has 36 heavy (non-hydrogen) atoms. The van der Waals surface area contributed by atoms with Crippen LogP contribution in [0, 0.1) is 0 Å². The molecule has 0 aromatic carbocycles. The Morgan fingerprint density at radius 2 is 1.92 bits per heavy atom. The van der Waals surface area contributed by atoms with Crippen molar-refractivity contribution >= 4 is 39.2 Å². The van der Waals surface area contributed by atoms with E-state index >= 15 is 0 Å². The van der Waals surface area contributed by atoms with Crippen LogP contribution in [0.5, 0.6) is 5.75 Å². The van der Waals surface area contributed by atoms with Crippen molar-refractivity contribution in [1.29, 1.82) is 0 Å². The van der Waals surface area contributed by atoms with Gasteiger partial charge in [-0.15, -0.1) is 10.2 Å². The number of nitrogens with one attached hydrogen (secondary N) is 1. The smallest absolute Gasteiger partial charge is 0.240 e. The maximum absolute atomic E-state index is 13.5. The van der Waals surface area contributed by atoms with Crippen molar-refractivity contribution < 1.29 is 22.6 Å². The molecule has 1 aliphatic heterocycles. The van der Waals surface area contributed by atoms with Gasteiger partial charge in [-0.3, -0.25) is 9.29 Å². The van der Waals surface area contributed by atoms with Gasteiger partial charge in [-0.2, -0.15) is 0 Å². The summed E-state index contributed by atoms with van der Waals surface area (Å²) in [5.74, 6) is 0.867. The van der Waals surface area contributed by atoms with Crippen LogP contribution in [0.25, 0.3) is 11.4 Å². The monoisotopic (exact) mass is 557 g/mol. The molecule has 0 amide bonds. The molecule has 0 fully saturated rings. The van der Waals surface area contributed by atoms with E-state index in [1.807, 2.05) is 0 Å². The van der Waals surface area contributed by atoms with Crippen LogP contribution in [0.2, 0.25) is 10.2 Å². The van der Waals surface area contributed by atoms with Crippen molar-refractivity contribution in [3.8, 4) is 17.1 Å². The summed E-state index contributed by atoms with van der Waals surface area (Å²) in [6.07, 6.45) is 3.01. The Morgan fingerprint density at radius 1 is 1.19 bits per heavy atom. The fourth-order valence-corrected chi connectivity index (χ4v) is 5.12. The van der Waals surface area contributed by atoms with Crippen molar-refractivity contribution in [2.45, 2.75) is 44.3 Å². The first-order valence-corrected chi connectivity index (χ1v) is 13.3. The van der Waals surface area contributed by atoms with E-state index < -0.39 is 27.4 Å². The minimum absolute atomic E-state index is 0.0105. The SMILES string of the molecule is COC[C@@H]1COc2c(ccnc2Cl)-c2nnc(NS(=O)(=O)[C@@H](C)[C@@H](OC(C)C)c3ncc(Cl)cn3)n21. The number of nitrogens with zero attached hydrogens (tertiary/aromatic N) is 6. The normalized spacial score (nSPS) is 17.0. The van der Waals surface area contributed by atoms with Gasteiger partial charge in [0.15, 0.2) is 22.6 Å². The predicted molar refractivity (Wildman–Crippen MR) is 133 cm³/mol. The van der Waals surface area contributed by atoms with Crippen LogP contribution in [-0.4, -0.2) is 69.8 Å². The van der Waals surface area contributed by atoms with Crippen molar-refractivity contribution in [2.24, 2.45) is 0 Å². The van der Waals surface area contributed by atoms with E-state index in [1.165, 1.54) is 32.6 Å². The average Bonchev–Trinajstić information content (AvgIpc) is 3.15. The molecule has 3 aromatic rings. The molecule has 3 aromatic heterocycles. The van der Waals surface area contributed by atoms with Gasteiger partial charge in [0.1, 0.15) is 18.0 Å². The number of anilines is 1. The first-order valence-electron chi connectivity index (χ1n) is 11.0. The van der Waals surface area contributed by atoms with Gasteiger partial charge in [0.2, 0.25) is 16.0 Å². The molecular formula is C21H25Cl2N7O5S. The minimum atomic E-state index is -4.09. The standard InChI is InChI=1S/C21H25Cl2N7O5S/c1-11(2)35-16(19-25-7-13(22)8-26-19)12(3)36(31,32)29-21-28-27-20-15-5-6-24-18(23)17(15)34-10-14(9-33-4)30(20)21/h5-8,11-12,14,16H,9-10H2,1-4H3,(H,28,29)/t12-,14+,16+/m0/s1. The van der Waals surface area contributed by atoms with Crippen LogP contribution < -0.4 is 9.46 Å². The lowest BCUT2D eigenvalue weighted by molar-refractivity contribution is 0.00154. The summed E-state index contributed by atoms with van der Waals surface area (Å²) in [4.78, 5) is 12.4. The van der Waals surface area contributed by atoms with E-state index in [2.05, 4.69) is 29.9 Å². The first-order chi connectivity index (χ1) is 17.1. The highest BCUT2D eigenvalue weighted by Crippen LogP contribution is 2.39. The largest absolute Gasteiger partial charge is 0.487 e. The second-order valence-electron chi connectivity index (χ2n) is 8.33. The average molecular weight is 558 g/mol. The Balaban J connectivity index is 1.72. The number of sulfonamides is 1. The molecule has 4 rings (SSSR count). The Morgan fingerprint density at radius 3 is 2.58 bits per heavy atom. The van der Waals surface area contributed by atoms with E-state index in [0.717, 1.165) is 0 Å². The van der Waals surface area contributed by atoms with Gasteiger partial charge in [0, 0.05) is 25.7 Å². The van der Waals surface area contributed by atoms with Gasteiger partial charge < -0.3 is 14.2 Å². The highest BCUT2D eigenvalue weighted by atomic mass is 35.5. The molecule has 0 spiro atoms. The van der Waals surface area contributed by atoms with Crippen LogP contribution in [0.3, 0.4) is 0 Å². The lowest BCUT2D eigenvalue weighted by Crippen LogP contribution is -2.35. The molecule has 1 aliphatic rings. The summed E-state index contributed by atoms with van der Waals surface area (Å²) in [6, 6.07) is 1.21. The lowest BCUT2D eigenvalue weighted by Gasteiger charge is -2.26. The van der Waals surface area contributed by atoms with E-state index in [9.17, 15) is 8.42 Å². The molecule has 0 saturated carbocycles.